The first kappa shape index (κ1) is 13.6. The molecule has 1 amide bonds. The molecule has 1 aliphatic rings. The first-order valence-electron chi connectivity index (χ1n) is 6.54. The monoisotopic (exact) mass is 265 g/mol. The Labute approximate surface area is 111 Å². The van der Waals surface area contributed by atoms with Gasteiger partial charge >= 0.3 is 5.97 Å². The number of aromatic nitrogens is 2. The van der Waals surface area contributed by atoms with Crippen LogP contribution in [0.15, 0.2) is 12.3 Å². The Kier molecular flexibility index (Phi) is 3.87. The van der Waals surface area contributed by atoms with E-state index in [-0.39, 0.29) is 5.91 Å². The number of carboxylic acid groups (broad SMARTS) is 1. The molecular formula is C13H19N3O3. The Morgan fingerprint density at radius 1 is 1.47 bits per heavy atom. The Bertz CT molecular complexity index is 483. The molecule has 19 heavy (non-hydrogen) atoms. The second-order valence-corrected chi connectivity index (χ2v) is 5.16. The number of carboxylic acids is 1. The van der Waals surface area contributed by atoms with Crippen LogP contribution in [0.2, 0.25) is 0 Å². The van der Waals surface area contributed by atoms with E-state index in [1.54, 1.807) is 24.0 Å². The van der Waals surface area contributed by atoms with Crippen molar-refractivity contribution >= 4 is 17.7 Å². The minimum atomic E-state index is -0.878. The summed E-state index contributed by atoms with van der Waals surface area (Å²) < 4.78 is 1.59. The summed E-state index contributed by atoms with van der Waals surface area (Å²) in [5, 5.41) is 16.0. The number of hydrogen-bond acceptors (Lipinski definition) is 3. The van der Waals surface area contributed by atoms with Gasteiger partial charge in [0.2, 0.25) is 5.91 Å². The molecule has 1 fully saturated rings. The Morgan fingerprint density at radius 3 is 2.68 bits per heavy atom. The largest absolute Gasteiger partial charge is 0.481 e. The van der Waals surface area contributed by atoms with Gasteiger partial charge in [0.15, 0.2) is 5.82 Å². The van der Waals surface area contributed by atoms with Gasteiger partial charge in [-0.1, -0.05) is 13.3 Å². The standard InChI is InChI=1S/C13H19N3O3/c1-3-8-6-9(10(7-8)13(18)19)12(17)14-11-4-5-16(2)15-11/h4-5,8-10H,3,6-7H2,1-2H3,(H,18,19)(H,14,15,17). The van der Waals surface area contributed by atoms with E-state index >= 15 is 0 Å². The first-order chi connectivity index (χ1) is 9.01. The van der Waals surface area contributed by atoms with Gasteiger partial charge in [-0.25, -0.2) is 0 Å². The van der Waals surface area contributed by atoms with Gasteiger partial charge in [-0.3, -0.25) is 14.3 Å². The number of aryl methyl sites for hydroxylation is 1. The van der Waals surface area contributed by atoms with Gasteiger partial charge < -0.3 is 10.4 Å². The second-order valence-electron chi connectivity index (χ2n) is 5.16. The van der Waals surface area contributed by atoms with Gasteiger partial charge in [-0.05, 0) is 18.8 Å². The van der Waals surface area contributed by atoms with Crippen molar-refractivity contribution in [2.45, 2.75) is 26.2 Å². The molecule has 2 rings (SSSR count). The number of amides is 1. The minimum absolute atomic E-state index is 0.234. The highest BCUT2D eigenvalue weighted by molar-refractivity contribution is 5.94. The fourth-order valence-electron chi connectivity index (χ4n) is 2.74. The van der Waals surface area contributed by atoms with Crippen LogP contribution in [-0.4, -0.2) is 26.8 Å². The third-order valence-corrected chi connectivity index (χ3v) is 3.86. The zero-order chi connectivity index (χ0) is 14.0. The van der Waals surface area contributed by atoms with Crippen molar-refractivity contribution in [2.75, 3.05) is 5.32 Å². The number of anilines is 1. The van der Waals surface area contributed by atoms with Crippen LogP contribution in [-0.2, 0) is 16.6 Å². The summed E-state index contributed by atoms with van der Waals surface area (Å²) in [6.45, 7) is 2.03. The van der Waals surface area contributed by atoms with Gasteiger partial charge in [0.1, 0.15) is 0 Å². The highest BCUT2D eigenvalue weighted by Gasteiger charge is 2.42. The third kappa shape index (κ3) is 2.94. The lowest BCUT2D eigenvalue weighted by atomic mass is 9.95. The topological polar surface area (TPSA) is 84.2 Å². The second kappa shape index (κ2) is 5.42. The normalized spacial score (nSPS) is 26.3. The summed E-state index contributed by atoms with van der Waals surface area (Å²) in [6.07, 6.45) is 3.88. The van der Waals surface area contributed by atoms with Gasteiger partial charge in [-0.2, -0.15) is 5.10 Å². The van der Waals surface area contributed by atoms with Crippen LogP contribution in [0, 0.1) is 17.8 Å². The lowest BCUT2D eigenvalue weighted by Gasteiger charge is -2.14. The molecule has 0 saturated heterocycles. The molecule has 1 aromatic heterocycles. The predicted octanol–water partition coefficient (Wildman–Crippen LogP) is 1.50. The average Bonchev–Trinajstić information content (AvgIpc) is 2.95. The van der Waals surface area contributed by atoms with E-state index in [1.165, 1.54) is 0 Å². The predicted molar refractivity (Wildman–Crippen MR) is 69.5 cm³/mol. The van der Waals surface area contributed by atoms with Crippen molar-refractivity contribution in [3.8, 4) is 0 Å². The van der Waals surface area contributed by atoms with E-state index in [0.717, 1.165) is 6.42 Å². The molecule has 0 aliphatic heterocycles. The number of hydrogen-bond donors (Lipinski definition) is 2. The minimum Gasteiger partial charge on any atom is -0.481 e. The Balaban J connectivity index is 2.06. The third-order valence-electron chi connectivity index (χ3n) is 3.86. The highest BCUT2D eigenvalue weighted by atomic mass is 16.4. The molecule has 104 valence electrons. The SMILES string of the molecule is CCC1CC(C(=O)O)C(C(=O)Nc2ccn(C)n2)C1. The number of nitrogens with one attached hydrogen (secondary N) is 1. The van der Waals surface area contributed by atoms with E-state index in [2.05, 4.69) is 10.4 Å². The van der Waals surface area contributed by atoms with E-state index in [0.29, 0.717) is 24.6 Å². The first-order valence-corrected chi connectivity index (χ1v) is 6.54. The van der Waals surface area contributed by atoms with E-state index in [4.69, 9.17) is 0 Å². The van der Waals surface area contributed by atoms with Gasteiger partial charge in [0, 0.05) is 19.3 Å². The summed E-state index contributed by atoms with van der Waals surface area (Å²) in [7, 11) is 1.76. The highest BCUT2D eigenvalue weighted by Crippen LogP contribution is 2.38. The van der Waals surface area contributed by atoms with Gasteiger partial charge in [-0.15, -0.1) is 0 Å². The molecule has 1 saturated carbocycles. The van der Waals surface area contributed by atoms with Crippen LogP contribution in [0.1, 0.15) is 26.2 Å². The summed E-state index contributed by atoms with van der Waals surface area (Å²) >= 11 is 0. The molecule has 0 spiro atoms. The Hall–Kier alpha value is -1.85. The van der Waals surface area contributed by atoms with Gasteiger partial charge in [0.25, 0.3) is 0 Å². The molecule has 1 heterocycles. The molecule has 1 aromatic rings. The van der Waals surface area contributed by atoms with Crippen molar-refractivity contribution in [1.29, 1.82) is 0 Å². The smallest absolute Gasteiger partial charge is 0.307 e. The van der Waals surface area contributed by atoms with E-state index < -0.39 is 17.8 Å². The van der Waals surface area contributed by atoms with Crippen LogP contribution in [0.25, 0.3) is 0 Å². The molecule has 1 aliphatic carbocycles. The lowest BCUT2D eigenvalue weighted by Crippen LogP contribution is -2.30. The molecule has 0 aromatic carbocycles. The molecule has 6 heteroatoms. The van der Waals surface area contributed by atoms with Crippen LogP contribution < -0.4 is 5.32 Å². The van der Waals surface area contributed by atoms with Crippen molar-refractivity contribution < 1.29 is 14.7 Å². The van der Waals surface area contributed by atoms with E-state index in [9.17, 15) is 14.7 Å². The average molecular weight is 265 g/mol. The zero-order valence-corrected chi connectivity index (χ0v) is 11.2. The molecule has 2 N–H and O–H groups in total. The number of rotatable bonds is 4. The maximum atomic E-state index is 12.2. The molecule has 0 radical (unpaired) electrons. The van der Waals surface area contributed by atoms with Crippen LogP contribution in [0.4, 0.5) is 5.82 Å². The lowest BCUT2D eigenvalue weighted by molar-refractivity contribution is -0.145. The summed E-state index contributed by atoms with van der Waals surface area (Å²) in [5.74, 6) is -1.35. The fourth-order valence-corrected chi connectivity index (χ4v) is 2.74. The number of aliphatic carboxylic acids is 1. The van der Waals surface area contributed by atoms with Crippen molar-refractivity contribution in [3.63, 3.8) is 0 Å². The molecule has 0 bridgehead atoms. The van der Waals surface area contributed by atoms with Crippen LogP contribution >= 0.6 is 0 Å². The molecular weight excluding hydrogens is 246 g/mol. The van der Waals surface area contributed by atoms with E-state index in [1.807, 2.05) is 6.92 Å². The van der Waals surface area contributed by atoms with Crippen molar-refractivity contribution in [3.05, 3.63) is 12.3 Å². The zero-order valence-electron chi connectivity index (χ0n) is 11.2. The number of nitrogens with zero attached hydrogens (tertiary/aromatic N) is 2. The molecule has 3 atom stereocenters. The number of carbonyl (C=O) groups excluding carboxylic acids is 1. The summed E-state index contributed by atoms with van der Waals surface area (Å²) in [4.78, 5) is 23.4. The molecule has 3 unspecified atom stereocenters. The quantitative estimate of drug-likeness (QED) is 0.864. The Morgan fingerprint density at radius 2 is 2.16 bits per heavy atom. The van der Waals surface area contributed by atoms with Crippen molar-refractivity contribution in [1.82, 2.24) is 9.78 Å². The maximum Gasteiger partial charge on any atom is 0.307 e. The molecule has 6 nitrogen and oxygen atoms in total. The maximum absolute atomic E-state index is 12.2. The van der Waals surface area contributed by atoms with Gasteiger partial charge in [0.05, 0.1) is 11.8 Å². The fraction of sp³-hybridized carbons (Fsp3) is 0.615. The van der Waals surface area contributed by atoms with Crippen LogP contribution in [0.5, 0.6) is 0 Å². The van der Waals surface area contributed by atoms with Crippen LogP contribution in [0.3, 0.4) is 0 Å². The number of carbonyl (C=O) groups is 2. The summed E-state index contributed by atoms with van der Waals surface area (Å²) in [5.41, 5.74) is 0. The van der Waals surface area contributed by atoms with Crippen molar-refractivity contribution in [2.24, 2.45) is 24.8 Å². The summed E-state index contributed by atoms with van der Waals surface area (Å²) in [6, 6.07) is 1.69.